The number of aliphatic carboxylic acids is 1. The van der Waals surface area contributed by atoms with Crippen LogP contribution in [0.3, 0.4) is 0 Å². The van der Waals surface area contributed by atoms with E-state index >= 15 is 0 Å². The van der Waals surface area contributed by atoms with E-state index in [0.29, 0.717) is 32.2 Å². The fourth-order valence-corrected chi connectivity index (χ4v) is 4.14. The Bertz CT molecular complexity index is 1020. The Hall–Kier alpha value is -3.09. The molecule has 0 aliphatic heterocycles. The first-order chi connectivity index (χ1) is 20.5. The number of amides is 6. The molecule has 0 aromatic heterocycles. The van der Waals surface area contributed by atoms with Gasteiger partial charge in [0.25, 0.3) is 0 Å². The van der Waals surface area contributed by atoms with Gasteiger partial charge in [0, 0.05) is 11.5 Å². The monoisotopic (exact) mass is 664 g/mol. The van der Waals surface area contributed by atoms with Crippen molar-refractivity contribution < 1.29 is 38.7 Å². The number of hydrogen-bond acceptors (Lipinski definition) is 11. The van der Waals surface area contributed by atoms with E-state index in [1.54, 1.807) is 0 Å². The van der Waals surface area contributed by atoms with E-state index in [4.69, 9.17) is 17.2 Å². The molecule has 0 heterocycles. The number of primary amides is 1. The molecule has 0 aromatic carbocycles. The Labute approximate surface area is 268 Å². The lowest BCUT2D eigenvalue weighted by atomic mass is 10.00. The lowest BCUT2D eigenvalue weighted by Gasteiger charge is -2.30. The van der Waals surface area contributed by atoms with Crippen molar-refractivity contribution in [1.82, 2.24) is 26.6 Å². The van der Waals surface area contributed by atoms with E-state index in [1.807, 2.05) is 6.92 Å². The minimum atomic E-state index is -1.67. The van der Waals surface area contributed by atoms with Gasteiger partial charge in [0.2, 0.25) is 35.4 Å². The molecule has 16 nitrogen and oxygen atoms in total. The number of carbonyl (C=O) groups excluding carboxylic acids is 6. The molecule has 0 saturated carbocycles. The Morgan fingerprint density at radius 3 is 1.77 bits per heavy atom. The van der Waals surface area contributed by atoms with Crippen LogP contribution in [-0.4, -0.2) is 100 Å². The van der Waals surface area contributed by atoms with E-state index in [0.717, 1.165) is 0 Å². The fourth-order valence-electron chi connectivity index (χ4n) is 3.73. The van der Waals surface area contributed by atoms with E-state index in [-0.39, 0.29) is 24.3 Å². The van der Waals surface area contributed by atoms with Crippen LogP contribution in [0, 0.1) is 0 Å². The molecule has 0 radical (unpaired) electrons. The van der Waals surface area contributed by atoms with Crippen molar-refractivity contribution in [3.05, 3.63) is 0 Å². The van der Waals surface area contributed by atoms with Crippen LogP contribution in [0.5, 0.6) is 0 Å². The van der Waals surface area contributed by atoms with Crippen LogP contribution >= 0.6 is 25.3 Å². The van der Waals surface area contributed by atoms with Crippen LogP contribution in [0.15, 0.2) is 0 Å². The molecule has 0 rings (SSSR count). The van der Waals surface area contributed by atoms with E-state index < -0.39 is 83.6 Å². The summed E-state index contributed by atoms with van der Waals surface area (Å²) >= 11 is 7.87. The van der Waals surface area contributed by atoms with Gasteiger partial charge >= 0.3 is 5.97 Å². The van der Waals surface area contributed by atoms with Gasteiger partial charge < -0.3 is 48.9 Å². The largest absolute Gasteiger partial charge is 0.480 e. The summed E-state index contributed by atoms with van der Waals surface area (Å²) in [6, 6.07) is -6.00. The summed E-state index contributed by atoms with van der Waals surface area (Å²) in [5.41, 5.74) is 14.8. The number of thiol groups is 2. The molecule has 0 unspecified atom stereocenters. The predicted molar refractivity (Wildman–Crippen MR) is 170 cm³/mol. The number of nitrogens with two attached hydrogens (primary N) is 3. The molecule has 18 heteroatoms. The third-order valence-electron chi connectivity index (χ3n) is 6.42. The minimum Gasteiger partial charge on any atom is -0.480 e. The molecule has 12 N–H and O–H groups in total. The highest BCUT2D eigenvalue weighted by Gasteiger charge is 2.36. The SMILES string of the molecule is CCCC[C@H](NC(=O)[C@H](CCCCN)NC(=O)[C@@H](N)CS)C(=O)NC(C)(C)C(=O)N[C@@H](CC(N)=O)C(=O)N[C@@H](CS)C(=O)O. The van der Waals surface area contributed by atoms with Gasteiger partial charge in [0.05, 0.1) is 12.5 Å². The molecule has 0 aliphatic rings. The van der Waals surface area contributed by atoms with Gasteiger partial charge in [0.15, 0.2) is 0 Å². The van der Waals surface area contributed by atoms with Crippen molar-refractivity contribution in [2.75, 3.05) is 18.1 Å². The van der Waals surface area contributed by atoms with Crippen LogP contribution in [0.2, 0.25) is 0 Å². The summed E-state index contributed by atoms with van der Waals surface area (Å²) in [5, 5.41) is 21.5. The number of carbonyl (C=O) groups is 7. The second-order valence-corrected chi connectivity index (χ2v) is 11.5. The van der Waals surface area contributed by atoms with Crippen LogP contribution in [0.4, 0.5) is 0 Å². The first kappa shape index (κ1) is 40.9. The van der Waals surface area contributed by atoms with Crippen LogP contribution in [-0.2, 0) is 33.6 Å². The van der Waals surface area contributed by atoms with Gasteiger partial charge in [-0.15, -0.1) is 0 Å². The lowest BCUT2D eigenvalue weighted by Crippen LogP contribution is -2.63. The van der Waals surface area contributed by atoms with Crippen LogP contribution < -0.4 is 43.8 Å². The summed E-state index contributed by atoms with van der Waals surface area (Å²) < 4.78 is 0. The first-order valence-electron chi connectivity index (χ1n) is 14.3. The van der Waals surface area contributed by atoms with Crippen molar-refractivity contribution in [1.29, 1.82) is 0 Å². The molecule has 252 valence electrons. The first-order valence-corrected chi connectivity index (χ1v) is 15.5. The summed E-state index contributed by atoms with van der Waals surface area (Å²) in [6.07, 6.45) is 2.14. The van der Waals surface area contributed by atoms with E-state index in [2.05, 4.69) is 51.8 Å². The summed E-state index contributed by atoms with van der Waals surface area (Å²) in [4.78, 5) is 87.6. The molecular formula is C26H48N8O8S2. The van der Waals surface area contributed by atoms with Gasteiger partial charge in [-0.1, -0.05) is 19.8 Å². The molecule has 44 heavy (non-hydrogen) atoms. The topological polar surface area (TPSA) is 278 Å². The maximum Gasteiger partial charge on any atom is 0.327 e. The normalized spacial score (nSPS) is 14.6. The molecule has 0 bridgehead atoms. The number of hydrogen-bond donors (Lipinski definition) is 11. The van der Waals surface area contributed by atoms with E-state index in [9.17, 15) is 38.7 Å². The molecular weight excluding hydrogens is 616 g/mol. The Balaban J connectivity index is 5.82. The molecule has 6 amide bonds. The summed E-state index contributed by atoms with van der Waals surface area (Å²) in [6.45, 7) is 4.94. The molecule has 0 saturated heterocycles. The number of carboxylic acids is 1. The maximum atomic E-state index is 13.4. The van der Waals surface area contributed by atoms with Gasteiger partial charge in [-0.3, -0.25) is 28.8 Å². The molecule has 0 spiro atoms. The highest BCUT2D eigenvalue weighted by Crippen LogP contribution is 2.10. The molecule has 0 aromatic rings. The smallest absolute Gasteiger partial charge is 0.327 e. The predicted octanol–water partition coefficient (Wildman–Crippen LogP) is -2.71. The zero-order valence-corrected chi connectivity index (χ0v) is 27.2. The van der Waals surface area contributed by atoms with Crippen molar-refractivity contribution in [2.45, 2.75) is 101 Å². The van der Waals surface area contributed by atoms with Crippen molar-refractivity contribution in [2.24, 2.45) is 17.2 Å². The zero-order chi connectivity index (χ0) is 34.0. The van der Waals surface area contributed by atoms with Gasteiger partial charge in [-0.25, -0.2) is 4.79 Å². The molecule has 0 aliphatic carbocycles. The Morgan fingerprint density at radius 2 is 1.27 bits per heavy atom. The van der Waals surface area contributed by atoms with Crippen molar-refractivity contribution in [3.63, 3.8) is 0 Å². The highest BCUT2D eigenvalue weighted by atomic mass is 32.1. The average Bonchev–Trinajstić information content (AvgIpc) is 2.95. The van der Waals surface area contributed by atoms with Crippen molar-refractivity contribution in [3.8, 4) is 0 Å². The molecule has 0 fully saturated rings. The third-order valence-corrected chi connectivity index (χ3v) is 7.18. The summed E-state index contributed by atoms with van der Waals surface area (Å²) in [5.74, 6) is -6.35. The van der Waals surface area contributed by atoms with Gasteiger partial charge in [0.1, 0.15) is 29.7 Å². The number of rotatable bonds is 22. The lowest BCUT2D eigenvalue weighted by molar-refractivity contribution is -0.142. The molecule has 5 atom stereocenters. The maximum absolute atomic E-state index is 13.4. The standard InChI is InChI=1S/C26H48N8O8S2/c1-4-5-8-16(31-21(37)15(9-6-7-10-27)30-20(36)14(28)12-43)23(39)34-26(2,3)25(42)33-17(11-19(29)35)22(38)32-18(13-44)24(40)41/h14-18,43-44H,4-13,27-28H2,1-3H3,(H2,29,35)(H,30,36)(H,31,37)(H,32,38)(H,33,42)(H,34,39)(H,40,41)/t14-,15-,16-,17-,18-/m0/s1. The second-order valence-electron chi connectivity index (χ2n) is 10.7. The number of carboxylic acid groups (broad SMARTS) is 1. The fraction of sp³-hybridized carbons (Fsp3) is 0.731. The van der Waals surface area contributed by atoms with Gasteiger partial charge in [-0.2, -0.15) is 25.3 Å². The van der Waals surface area contributed by atoms with E-state index in [1.165, 1.54) is 13.8 Å². The minimum absolute atomic E-state index is 0.0545. The van der Waals surface area contributed by atoms with Crippen LogP contribution in [0.1, 0.15) is 65.7 Å². The Morgan fingerprint density at radius 1 is 0.750 bits per heavy atom. The Kier molecular flexibility index (Phi) is 19.3. The van der Waals surface area contributed by atoms with Crippen molar-refractivity contribution >= 4 is 66.7 Å². The summed E-state index contributed by atoms with van der Waals surface area (Å²) in [7, 11) is 0. The highest BCUT2D eigenvalue weighted by molar-refractivity contribution is 7.80. The number of unbranched alkanes of at least 4 members (excludes halogenated alkanes) is 2. The quantitative estimate of drug-likeness (QED) is 0.0420. The third kappa shape index (κ3) is 15.1. The average molecular weight is 665 g/mol. The van der Waals surface area contributed by atoms with Gasteiger partial charge in [-0.05, 0) is 46.1 Å². The van der Waals surface area contributed by atoms with Crippen LogP contribution in [0.25, 0.3) is 0 Å². The zero-order valence-electron chi connectivity index (χ0n) is 25.4. The number of nitrogens with one attached hydrogen (secondary N) is 5. The second kappa shape index (κ2) is 20.8.